The summed E-state index contributed by atoms with van der Waals surface area (Å²) in [7, 11) is 4.94. The first-order valence-electron chi connectivity index (χ1n) is 10.2. The summed E-state index contributed by atoms with van der Waals surface area (Å²) in [4.78, 5) is 31.7. The maximum absolute atomic E-state index is 13.0. The Hall–Kier alpha value is -3.20. The van der Waals surface area contributed by atoms with E-state index in [-0.39, 0.29) is 29.5 Å². The van der Waals surface area contributed by atoms with Crippen LogP contribution in [0.5, 0.6) is 0 Å². The monoisotopic (exact) mass is 505 g/mol. The predicted octanol–water partition coefficient (Wildman–Crippen LogP) is 4.43. The van der Waals surface area contributed by atoms with Gasteiger partial charge in [0.1, 0.15) is 11.7 Å². The van der Waals surface area contributed by atoms with Crippen molar-refractivity contribution in [3.8, 4) is 0 Å². The van der Waals surface area contributed by atoms with Crippen LogP contribution in [0.15, 0.2) is 76.7 Å². The van der Waals surface area contributed by atoms with Crippen LogP contribution in [0.3, 0.4) is 0 Å². The van der Waals surface area contributed by atoms with Gasteiger partial charge in [-0.2, -0.15) is 0 Å². The lowest BCUT2D eigenvalue weighted by atomic mass is 10.1. The number of anilines is 1. The van der Waals surface area contributed by atoms with Crippen LogP contribution in [0.1, 0.15) is 13.8 Å². The van der Waals surface area contributed by atoms with Crippen molar-refractivity contribution in [3.05, 3.63) is 81.7 Å². The first kappa shape index (κ1) is 28.8. The van der Waals surface area contributed by atoms with E-state index in [0.29, 0.717) is 15.6 Å². The van der Waals surface area contributed by atoms with Crippen LogP contribution in [-0.2, 0) is 14.3 Å². The Labute approximate surface area is 210 Å². The average Bonchev–Trinajstić information content (AvgIpc) is 2.77. The van der Waals surface area contributed by atoms with Crippen LogP contribution >= 0.6 is 23.2 Å². The van der Waals surface area contributed by atoms with Crippen molar-refractivity contribution in [1.82, 2.24) is 15.2 Å². The van der Waals surface area contributed by atoms with Gasteiger partial charge in [0.05, 0.1) is 22.9 Å². The number of hydrogen-bond donors (Lipinski definition) is 3. The number of methoxy groups -OCH3 is 1. The van der Waals surface area contributed by atoms with Gasteiger partial charge in [0.25, 0.3) is 11.8 Å². The number of nitrogens with one attached hydrogen (secondary N) is 3. The molecule has 0 aromatic carbocycles. The van der Waals surface area contributed by atoms with Gasteiger partial charge in [0, 0.05) is 38.0 Å². The summed E-state index contributed by atoms with van der Waals surface area (Å²) in [5, 5.41) is 14.0. The van der Waals surface area contributed by atoms with E-state index in [2.05, 4.69) is 15.6 Å². The molecule has 182 valence electrons. The summed E-state index contributed by atoms with van der Waals surface area (Å²) in [5.74, 6) is -0.465. The van der Waals surface area contributed by atoms with E-state index in [0.717, 1.165) is 0 Å². The number of ether oxygens (including phenoxy) is 1. The first-order chi connectivity index (χ1) is 16.1. The van der Waals surface area contributed by atoms with Gasteiger partial charge in [0.15, 0.2) is 0 Å². The highest BCUT2D eigenvalue weighted by Crippen LogP contribution is 2.16. The van der Waals surface area contributed by atoms with Crippen molar-refractivity contribution < 1.29 is 14.3 Å². The Morgan fingerprint density at radius 1 is 1.24 bits per heavy atom. The molecular weight excluding hydrogens is 477 g/mol. The molecule has 3 N–H and O–H groups in total. The third kappa shape index (κ3) is 10.2. The number of pyridine rings is 1. The molecule has 0 fully saturated rings. The van der Waals surface area contributed by atoms with E-state index >= 15 is 0 Å². The minimum absolute atomic E-state index is 0.0621. The molecule has 1 rings (SSSR count). The summed E-state index contributed by atoms with van der Waals surface area (Å²) in [6, 6.07) is 3.14. The van der Waals surface area contributed by atoms with Crippen LogP contribution in [0.2, 0.25) is 5.02 Å². The zero-order valence-electron chi connectivity index (χ0n) is 19.8. The normalized spacial score (nSPS) is 13.1. The molecule has 0 saturated carbocycles. The lowest BCUT2D eigenvalue weighted by Crippen LogP contribution is -2.30. The van der Waals surface area contributed by atoms with E-state index in [1.165, 1.54) is 19.4 Å². The van der Waals surface area contributed by atoms with E-state index in [4.69, 9.17) is 33.3 Å². The van der Waals surface area contributed by atoms with Gasteiger partial charge in [0.2, 0.25) is 0 Å². The average molecular weight is 506 g/mol. The number of aromatic nitrogens is 1. The fourth-order valence-corrected chi connectivity index (χ4v) is 2.66. The second-order valence-corrected chi connectivity index (χ2v) is 8.12. The molecule has 0 unspecified atom stereocenters. The molecule has 0 aliphatic heterocycles. The Kier molecular flexibility index (Phi) is 12.6. The number of allylic oxidation sites excluding steroid dienone is 4. The molecule has 1 heterocycles. The maximum atomic E-state index is 13.0. The lowest BCUT2D eigenvalue weighted by molar-refractivity contribution is -0.116. The fraction of sp³-hybridized carbons (Fsp3) is 0.250. The summed E-state index contributed by atoms with van der Waals surface area (Å²) in [5.41, 5.74) is 0.619. The van der Waals surface area contributed by atoms with Crippen LogP contribution < -0.4 is 10.6 Å². The van der Waals surface area contributed by atoms with Crippen molar-refractivity contribution >= 4 is 46.7 Å². The number of amidine groups is 1. The molecule has 0 radical (unpaired) electrons. The Bertz CT molecular complexity index is 1040. The van der Waals surface area contributed by atoms with Crippen molar-refractivity contribution in [3.63, 3.8) is 0 Å². The number of amides is 2. The zero-order valence-corrected chi connectivity index (χ0v) is 21.3. The van der Waals surface area contributed by atoms with Crippen LogP contribution in [0.25, 0.3) is 0 Å². The van der Waals surface area contributed by atoms with Gasteiger partial charge in [-0.05, 0) is 44.2 Å². The molecule has 1 aromatic heterocycles. The third-order valence-corrected chi connectivity index (χ3v) is 4.39. The minimum atomic E-state index is -0.543. The van der Waals surface area contributed by atoms with Crippen molar-refractivity contribution in [2.24, 2.45) is 0 Å². The van der Waals surface area contributed by atoms with Gasteiger partial charge in [-0.1, -0.05) is 41.4 Å². The van der Waals surface area contributed by atoms with E-state index < -0.39 is 11.8 Å². The van der Waals surface area contributed by atoms with Crippen molar-refractivity contribution in [1.29, 1.82) is 5.41 Å². The number of hydrogen-bond acceptors (Lipinski definition) is 5. The number of rotatable bonds is 10. The number of likely N-dealkylation sites (N-methyl/N-ethyl adjacent to an activating group) is 1. The van der Waals surface area contributed by atoms with Crippen molar-refractivity contribution in [2.45, 2.75) is 13.8 Å². The molecule has 10 heteroatoms. The Morgan fingerprint density at radius 3 is 2.47 bits per heavy atom. The molecule has 0 spiro atoms. The van der Waals surface area contributed by atoms with Gasteiger partial charge in [-0.3, -0.25) is 15.0 Å². The van der Waals surface area contributed by atoms with Gasteiger partial charge in [-0.15, -0.1) is 0 Å². The first-order valence-corrected chi connectivity index (χ1v) is 10.9. The van der Waals surface area contributed by atoms with Crippen molar-refractivity contribution in [2.75, 3.05) is 33.1 Å². The van der Waals surface area contributed by atoms with E-state index in [9.17, 15) is 9.59 Å². The molecule has 0 bridgehead atoms. The molecule has 2 amide bonds. The summed E-state index contributed by atoms with van der Waals surface area (Å²) in [6.07, 6.45) is 10.9. The number of nitrogens with zero attached hydrogens (tertiary/aromatic N) is 2. The molecule has 0 atom stereocenters. The highest BCUT2D eigenvalue weighted by molar-refractivity contribution is 6.30. The second-order valence-electron chi connectivity index (χ2n) is 7.09. The number of carbonyl (C=O) groups excluding carboxylic acids is 2. The van der Waals surface area contributed by atoms with E-state index in [1.807, 2.05) is 0 Å². The molecule has 0 aliphatic carbocycles. The smallest absolute Gasteiger partial charge is 0.258 e. The SMILES string of the molecule is C\C=C/C(=C\C=C\C(=N)N(C)C)C(=O)N/C(COC)=C(/C=C(\C)Cl)C(=O)Nc1ccc(Cl)cn1. The Morgan fingerprint density at radius 2 is 1.94 bits per heavy atom. The molecule has 34 heavy (non-hydrogen) atoms. The standard InChI is InChI=1S/C24H29Cl2N5O3/c1-6-8-17(9-7-10-21(27)31(3)4)23(32)29-20(15-34-5)19(13-16(2)25)24(33)30-22-12-11-18(26)14-28-22/h6-14,27H,15H2,1-5H3,(H,29,32)(H,28,30,33)/b8-6-,10-7+,16-13+,17-9+,20-19-,27-21?. The van der Waals surface area contributed by atoms with Crippen LogP contribution in [-0.4, -0.2) is 55.3 Å². The van der Waals surface area contributed by atoms with Crippen LogP contribution in [0.4, 0.5) is 5.82 Å². The Balaban J connectivity index is 3.33. The largest absolute Gasteiger partial charge is 0.378 e. The van der Waals surface area contributed by atoms with Gasteiger partial charge in [-0.25, -0.2) is 4.98 Å². The summed E-state index contributed by atoms with van der Waals surface area (Å²) < 4.78 is 5.22. The number of halogens is 2. The lowest BCUT2D eigenvalue weighted by Gasteiger charge is -2.15. The van der Waals surface area contributed by atoms with E-state index in [1.54, 1.807) is 75.4 Å². The molecule has 1 aromatic rings. The van der Waals surface area contributed by atoms with Gasteiger partial charge >= 0.3 is 0 Å². The minimum Gasteiger partial charge on any atom is -0.378 e. The highest BCUT2D eigenvalue weighted by atomic mass is 35.5. The number of carbonyl (C=O) groups is 2. The molecule has 0 saturated heterocycles. The van der Waals surface area contributed by atoms with Crippen LogP contribution in [0, 0.1) is 5.41 Å². The fourth-order valence-electron chi connectivity index (χ4n) is 2.44. The summed E-state index contributed by atoms with van der Waals surface area (Å²) >= 11 is 11.9. The zero-order chi connectivity index (χ0) is 25.7. The molecule has 0 aliphatic rings. The second kappa shape index (κ2) is 14.8. The highest BCUT2D eigenvalue weighted by Gasteiger charge is 2.18. The summed E-state index contributed by atoms with van der Waals surface area (Å²) in [6.45, 7) is 3.32. The molecule has 8 nitrogen and oxygen atoms in total. The quantitative estimate of drug-likeness (QED) is 0.188. The maximum Gasteiger partial charge on any atom is 0.258 e. The predicted molar refractivity (Wildman–Crippen MR) is 138 cm³/mol. The molecular formula is C24H29Cl2N5O3. The van der Waals surface area contributed by atoms with Gasteiger partial charge < -0.3 is 20.3 Å². The topological polar surface area (TPSA) is 107 Å². The third-order valence-electron chi connectivity index (χ3n) is 4.06.